The molecule has 0 aliphatic heterocycles. The van der Waals surface area contributed by atoms with Gasteiger partial charge in [-0.25, -0.2) is 0 Å². The van der Waals surface area contributed by atoms with Crippen LogP contribution in [0.4, 0.5) is 5.69 Å². The number of aliphatic hydroxyl groups is 2. The molecule has 0 radical (unpaired) electrons. The van der Waals surface area contributed by atoms with Gasteiger partial charge in [0.25, 0.3) is 0 Å². The maximum Gasteiger partial charge on any atom is 0.185 e. The van der Waals surface area contributed by atoms with Crippen LogP contribution in [-0.4, -0.2) is 42.3 Å². The third-order valence-corrected chi connectivity index (χ3v) is 4.73. The van der Waals surface area contributed by atoms with Gasteiger partial charge in [-0.1, -0.05) is 42.5 Å². The predicted octanol–water partition coefficient (Wildman–Crippen LogP) is 3.31. The van der Waals surface area contributed by atoms with Crippen LogP contribution < -0.4 is 4.90 Å². The molecule has 0 heterocycles. The van der Waals surface area contributed by atoms with E-state index in [1.807, 2.05) is 71.6 Å². The first-order valence-electron chi connectivity index (χ1n) is 9.29. The molecule has 0 aromatic heterocycles. The number of benzene rings is 2. The van der Waals surface area contributed by atoms with Crippen LogP contribution >= 0.6 is 0 Å². The van der Waals surface area contributed by atoms with Crippen molar-refractivity contribution in [3.05, 3.63) is 76.9 Å². The fourth-order valence-electron chi connectivity index (χ4n) is 3.32. The lowest BCUT2D eigenvalue weighted by atomic mass is 10.1. The van der Waals surface area contributed by atoms with Crippen LogP contribution in [0.15, 0.2) is 65.7 Å². The van der Waals surface area contributed by atoms with Crippen molar-refractivity contribution in [2.45, 2.75) is 12.8 Å². The van der Waals surface area contributed by atoms with Crippen LogP contribution in [0.2, 0.25) is 0 Å². The van der Waals surface area contributed by atoms with Gasteiger partial charge in [0, 0.05) is 29.9 Å². The van der Waals surface area contributed by atoms with E-state index in [1.54, 1.807) is 0 Å². The number of allylic oxidation sites excluding steroid dienone is 2. The number of carbonyl (C=O) groups is 1. The van der Waals surface area contributed by atoms with E-state index in [2.05, 4.69) is 0 Å². The number of carbonyl (C=O) groups excluding carboxylic acids is 1. The van der Waals surface area contributed by atoms with Crippen LogP contribution in [-0.2, 0) is 4.79 Å². The standard InChI is InChI=1S/C23H25NO3/c25-14-12-24(13-15-26)22-10-6-19(7-11-22)17-21-9-8-20(23(21)27)16-18-4-2-1-3-5-18/h1-7,10-11,16-17,25-26H,8-9,12-15H2/b20-16+,21-17+. The summed E-state index contributed by atoms with van der Waals surface area (Å²) >= 11 is 0. The van der Waals surface area contributed by atoms with E-state index < -0.39 is 0 Å². The van der Waals surface area contributed by atoms with Crippen molar-refractivity contribution in [2.75, 3.05) is 31.2 Å². The topological polar surface area (TPSA) is 60.8 Å². The average Bonchev–Trinajstić information content (AvgIpc) is 3.03. The quantitative estimate of drug-likeness (QED) is 0.741. The Morgan fingerprint density at radius 1 is 0.778 bits per heavy atom. The molecular weight excluding hydrogens is 338 g/mol. The minimum Gasteiger partial charge on any atom is -0.395 e. The van der Waals surface area contributed by atoms with Crippen LogP contribution in [0, 0.1) is 0 Å². The summed E-state index contributed by atoms with van der Waals surface area (Å²) in [6, 6.07) is 17.8. The SMILES string of the molecule is O=C1/C(=C/c2ccccc2)CC/C1=C\c1ccc(N(CCO)CCO)cc1. The Bertz CT molecular complexity index is 816. The van der Waals surface area contributed by atoms with Gasteiger partial charge < -0.3 is 15.1 Å². The van der Waals surface area contributed by atoms with E-state index in [0.717, 1.165) is 40.8 Å². The Labute approximate surface area is 160 Å². The number of rotatable bonds is 7. The van der Waals surface area contributed by atoms with E-state index in [1.165, 1.54) is 0 Å². The number of aliphatic hydroxyl groups excluding tert-OH is 2. The zero-order valence-corrected chi connectivity index (χ0v) is 15.3. The summed E-state index contributed by atoms with van der Waals surface area (Å²) in [4.78, 5) is 14.6. The average molecular weight is 363 g/mol. The van der Waals surface area contributed by atoms with Gasteiger partial charge in [0.2, 0.25) is 0 Å². The zero-order valence-electron chi connectivity index (χ0n) is 15.3. The Hall–Kier alpha value is -2.69. The highest BCUT2D eigenvalue weighted by atomic mass is 16.3. The third-order valence-electron chi connectivity index (χ3n) is 4.73. The van der Waals surface area contributed by atoms with E-state index in [-0.39, 0.29) is 19.0 Å². The molecule has 1 aliphatic rings. The van der Waals surface area contributed by atoms with Crippen LogP contribution in [0.3, 0.4) is 0 Å². The Morgan fingerprint density at radius 3 is 1.81 bits per heavy atom. The Kier molecular flexibility index (Phi) is 6.58. The fourth-order valence-corrected chi connectivity index (χ4v) is 3.32. The first-order chi connectivity index (χ1) is 13.2. The van der Waals surface area contributed by atoms with Crippen molar-refractivity contribution in [1.82, 2.24) is 0 Å². The molecule has 3 rings (SSSR count). The fraction of sp³-hybridized carbons (Fsp3) is 0.261. The lowest BCUT2D eigenvalue weighted by Crippen LogP contribution is -2.29. The van der Waals surface area contributed by atoms with Crippen LogP contribution in [0.5, 0.6) is 0 Å². The summed E-state index contributed by atoms with van der Waals surface area (Å²) in [5.41, 5.74) is 4.69. The maximum absolute atomic E-state index is 12.7. The van der Waals surface area contributed by atoms with Crippen LogP contribution in [0.1, 0.15) is 24.0 Å². The molecule has 2 aromatic carbocycles. The van der Waals surface area contributed by atoms with Gasteiger partial charge in [0.05, 0.1) is 13.2 Å². The number of hydrogen-bond acceptors (Lipinski definition) is 4. The van der Waals surface area contributed by atoms with E-state index in [4.69, 9.17) is 10.2 Å². The molecule has 140 valence electrons. The number of hydrogen-bond donors (Lipinski definition) is 2. The summed E-state index contributed by atoms with van der Waals surface area (Å²) in [5, 5.41) is 18.3. The Morgan fingerprint density at radius 2 is 1.30 bits per heavy atom. The third kappa shape index (κ3) is 4.94. The first-order valence-corrected chi connectivity index (χ1v) is 9.29. The number of Topliss-reactive ketones (excluding diaryl/α,β-unsaturated/α-hetero) is 1. The summed E-state index contributed by atoms with van der Waals surface area (Å²) < 4.78 is 0. The maximum atomic E-state index is 12.7. The van der Waals surface area contributed by atoms with Crippen molar-refractivity contribution in [2.24, 2.45) is 0 Å². The lowest BCUT2D eigenvalue weighted by molar-refractivity contribution is -0.111. The van der Waals surface area contributed by atoms with Crippen molar-refractivity contribution >= 4 is 23.6 Å². The first kappa shape index (κ1) is 19.1. The molecule has 1 fully saturated rings. The van der Waals surface area contributed by atoms with Gasteiger partial charge in [0.1, 0.15) is 0 Å². The summed E-state index contributed by atoms with van der Waals surface area (Å²) in [6.45, 7) is 1.04. The molecule has 0 saturated heterocycles. The van der Waals surface area contributed by atoms with Crippen LogP contribution in [0.25, 0.3) is 12.2 Å². The molecule has 1 aliphatic carbocycles. The molecule has 0 bridgehead atoms. The number of anilines is 1. The van der Waals surface area contributed by atoms with Gasteiger partial charge in [-0.2, -0.15) is 0 Å². The monoisotopic (exact) mass is 363 g/mol. The van der Waals surface area contributed by atoms with Crippen molar-refractivity contribution in [3.8, 4) is 0 Å². The molecule has 4 nitrogen and oxygen atoms in total. The summed E-state index contributed by atoms with van der Waals surface area (Å²) in [7, 11) is 0. The van der Waals surface area contributed by atoms with Gasteiger partial charge in [0.15, 0.2) is 5.78 Å². The molecule has 0 unspecified atom stereocenters. The molecule has 0 spiro atoms. The van der Waals surface area contributed by atoms with Crippen molar-refractivity contribution < 1.29 is 15.0 Å². The highest BCUT2D eigenvalue weighted by Crippen LogP contribution is 2.29. The van der Waals surface area contributed by atoms with E-state index in [0.29, 0.717) is 13.1 Å². The largest absolute Gasteiger partial charge is 0.395 e. The number of ketones is 1. The molecule has 4 heteroatoms. The van der Waals surface area contributed by atoms with Crippen molar-refractivity contribution in [1.29, 1.82) is 0 Å². The Balaban J connectivity index is 1.73. The zero-order chi connectivity index (χ0) is 19.1. The van der Waals surface area contributed by atoms with E-state index >= 15 is 0 Å². The minimum absolute atomic E-state index is 0.0385. The van der Waals surface area contributed by atoms with E-state index in [9.17, 15) is 4.79 Å². The molecular formula is C23H25NO3. The second-order valence-corrected chi connectivity index (χ2v) is 6.60. The van der Waals surface area contributed by atoms with Gasteiger partial charge in [-0.3, -0.25) is 4.79 Å². The second-order valence-electron chi connectivity index (χ2n) is 6.60. The normalized spacial score (nSPS) is 17.0. The van der Waals surface area contributed by atoms with Gasteiger partial charge in [-0.15, -0.1) is 0 Å². The minimum atomic E-state index is 0.0385. The molecule has 2 aromatic rings. The molecule has 0 amide bonds. The molecule has 2 N–H and O–H groups in total. The lowest BCUT2D eigenvalue weighted by Gasteiger charge is -2.22. The highest BCUT2D eigenvalue weighted by Gasteiger charge is 2.22. The highest BCUT2D eigenvalue weighted by molar-refractivity contribution is 6.15. The molecule has 0 atom stereocenters. The smallest absolute Gasteiger partial charge is 0.185 e. The van der Waals surface area contributed by atoms with Gasteiger partial charge in [-0.05, 0) is 48.3 Å². The van der Waals surface area contributed by atoms with Gasteiger partial charge >= 0.3 is 0 Å². The predicted molar refractivity (Wildman–Crippen MR) is 109 cm³/mol. The van der Waals surface area contributed by atoms with Crippen molar-refractivity contribution in [3.63, 3.8) is 0 Å². The number of nitrogens with zero attached hydrogens (tertiary/aromatic N) is 1. The second kappa shape index (κ2) is 9.31. The molecule has 1 saturated carbocycles. The summed E-state index contributed by atoms with van der Waals surface area (Å²) in [5.74, 6) is 0.130. The summed E-state index contributed by atoms with van der Waals surface area (Å²) in [6.07, 6.45) is 5.48. The molecule has 27 heavy (non-hydrogen) atoms.